The summed E-state index contributed by atoms with van der Waals surface area (Å²) in [6.07, 6.45) is 0.537. The Labute approximate surface area is 106 Å². The molecule has 1 aromatic carbocycles. The van der Waals surface area contributed by atoms with Gasteiger partial charge in [0, 0.05) is 18.7 Å². The van der Waals surface area contributed by atoms with Crippen LogP contribution in [-0.2, 0) is 14.8 Å². The highest BCUT2D eigenvalue weighted by Crippen LogP contribution is 2.19. The molecule has 0 fully saturated rings. The van der Waals surface area contributed by atoms with Crippen LogP contribution in [0.25, 0.3) is 0 Å². The van der Waals surface area contributed by atoms with Crippen LogP contribution in [0, 0.1) is 6.92 Å². The van der Waals surface area contributed by atoms with Gasteiger partial charge in [0.1, 0.15) is 0 Å². The van der Waals surface area contributed by atoms with Gasteiger partial charge in [0.25, 0.3) is 0 Å². The highest BCUT2D eigenvalue weighted by molar-refractivity contribution is 7.89. The molecule has 6 nitrogen and oxygen atoms in total. The van der Waals surface area contributed by atoms with Gasteiger partial charge in [0.2, 0.25) is 15.9 Å². The van der Waals surface area contributed by atoms with Crippen molar-refractivity contribution in [2.24, 2.45) is 5.14 Å². The van der Waals surface area contributed by atoms with E-state index in [0.29, 0.717) is 12.1 Å². The van der Waals surface area contributed by atoms with Gasteiger partial charge in [-0.15, -0.1) is 0 Å². The molecule has 0 aliphatic rings. The fourth-order valence-electron chi connectivity index (χ4n) is 1.37. The minimum Gasteiger partial charge on any atom is -0.396 e. The predicted octanol–water partition coefficient (Wildman–Crippen LogP) is 0.353. The molecule has 0 saturated carbocycles. The third kappa shape index (κ3) is 4.10. The van der Waals surface area contributed by atoms with Crippen LogP contribution in [0.3, 0.4) is 0 Å². The second-order valence-corrected chi connectivity index (χ2v) is 5.46. The van der Waals surface area contributed by atoms with Crippen molar-refractivity contribution in [1.82, 2.24) is 0 Å². The summed E-state index contributed by atoms with van der Waals surface area (Å²) in [4.78, 5) is 11.4. The van der Waals surface area contributed by atoms with Gasteiger partial charge in [-0.25, -0.2) is 13.6 Å². The Balaban J connectivity index is 2.92. The number of aryl methyl sites for hydroxylation is 1. The van der Waals surface area contributed by atoms with E-state index in [1.165, 1.54) is 12.1 Å². The van der Waals surface area contributed by atoms with Gasteiger partial charge in [0.05, 0.1) is 4.90 Å². The first-order valence-electron chi connectivity index (χ1n) is 5.39. The van der Waals surface area contributed by atoms with E-state index < -0.39 is 10.0 Å². The Morgan fingerprint density at radius 1 is 1.44 bits per heavy atom. The lowest BCUT2D eigenvalue weighted by Gasteiger charge is -2.09. The Bertz CT molecular complexity index is 540. The molecule has 0 aromatic heterocycles. The van der Waals surface area contributed by atoms with E-state index in [9.17, 15) is 13.2 Å². The van der Waals surface area contributed by atoms with Gasteiger partial charge >= 0.3 is 0 Å². The number of nitrogens with two attached hydrogens (primary N) is 1. The number of primary sulfonamides is 1. The average Bonchev–Trinajstić information content (AvgIpc) is 2.28. The topological polar surface area (TPSA) is 109 Å². The van der Waals surface area contributed by atoms with Crippen molar-refractivity contribution in [3.05, 3.63) is 23.8 Å². The molecule has 0 atom stereocenters. The summed E-state index contributed by atoms with van der Waals surface area (Å²) >= 11 is 0. The van der Waals surface area contributed by atoms with E-state index in [-0.39, 0.29) is 23.8 Å². The normalized spacial score (nSPS) is 11.3. The average molecular weight is 272 g/mol. The van der Waals surface area contributed by atoms with Crippen molar-refractivity contribution >= 4 is 21.6 Å². The zero-order valence-corrected chi connectivity index (χ0v) is 10.8. The van der Waals surface area contributed by atoms with Crippen molar-refractivity contribution in [2.75, 3.05) is 11.9 Å². The van der Waals surface area contributed by atoms with E-state index in [0.717, 1.165) is 5.56 Å². The van der Waals surface area contributed by atoms with Gasteiger partial charge in [-0.1, -0.05) is 6.07 Å². The molecule has 0 unspecified atom stereocenters. The van der Waals surface area contributed by atoms with Crippen LogP contribution in [0.15, 0.2) is 23.1 Å². The summed E-state index contributed by atoms with van der Waals surface area (Å²) < 4.78 is 22.4. The Morgan fingerprint density at radius 3 is 2.67 bits per heavy atom. The largest absolute Gasteiger partial charge is 0.396 e. The second-order valence-electron chi connectivity index (χ2n) is 3.90. The molecular weight excluding hydrogens is 256 g/mol. The molecule has 0 bridgehead atoms. The highest BCUT2D eigenvalue weighted by atomic mass is 32.2. The number of amides is 1. The molecule has 0 heterocycles. The second kappa shape index (κ2) is 5.94. The summed E-state index contributed by atoms with van der Waals surface area (Å²) in [6.45, 7) is 1.68. The smallest absolute Gasteiger partial charge is 0.238 e. The van der Waals surface area contributed by atoms with Crippen LogP contribution in [0.1, 0.15) is 18.4 Å². The third-order valence-corrected chi connectivity index (χ3v) is 3.28. The maximum absolute atomic E-state index is 11.5. The fourth-order valence-corrected chi connectivity index (χ4v) is 1.90. The number of aliphatic hydroxyl groups is 1. The summed E-state index contributed by atoms with van der Waals surface area (Å²) in [6, 6.07) is 4.27. The number of rotatable bonds is 5. The molecule has 0 radical (unpaired) electrons. The first-order chi connectivity index (χ1) is 8.34. The van der Waals surface area contributed by atoms with Crippen LogP contribution < -0.4 is 10.5 Å². The molecule has 1 aromatic rings. The van der Waals surface area contributed by atoms with Crippen molar-refractivity contribution in [3.8, 4) is 0 Å². The maximum Gasteiger partial charge on any atom is 0.238 e. The molecule has 1 amide bonds. The van der Waals surface area contributed by atoms with Gasteiger partial charge in [-0.05, 0) is 31.0 Å². The van der Waals surface area contributed by atoms with Gasteiger partial charge < -0.3 is 10.4 Å². The zero-order valence-electron chi connectivity index (χ0n) is 10.0. The molecule has 1 rings (SSSR count). The van der Waals surface area contributed by atoms with E-state index in [4.69, 9.17) is 10.2 Å². The number of carbonyl (C=O) groups is 1. The zero-order chi connectivity index (χ0) is 13.8. The van der Waals surface area contributed by atoms with Crippen molar-refractivity contribution in [1.29, 1.82) is 0 Å². The van der Waals surface area contributed by atoms with E-state index in [1.807, 2.05) is 0 Å². The fraction of sp³-hybridized carbons (Fsp3) is 0.364. The third-order valence-electron chi connectivity index (χ3n) is 2.37. The minimum absolute atomic E-state index is 0.0504. The first-order valence-corrected chi connectivity index (χ1v) is 6.93. The quantitative estimate of drug-likeness (QED) is 0.718. The van der Waals surface area contributed by atoms with Gasteiger partial charge in [-0.2, -0.15) is 0 Å². The Hall–Kier alpha value is -1.44. The van der Waals surface area contributed by atoms with Crippen molar-refractivity contribution < 1.29 is 18.3 Å². The van der Waals surface area contributed by atoms with Crippen molar-refractivity contribution in [3.63, 3.8) is 0 Å². The number of nitrogens with one attached hydrogen (secondary N) is 1. The van der Waals surface area contributed by atoms with Gasteiger partial charge in [0.15, 0.2) is 0 Å². The lowest BCUT2D eigenvalue weighted by Crippen LogP contribution is -2.15. The molecule has 0 spiro atoms. The van der Waals surface area contributed by atoms with Gasteiger partial charge in [-0.3, -0.25) is 4.79 Å². The summed E-state index contributed by atoms with van der Waals surface area (Å²) in [5.74, 6) is -0.279. The molecule has 0 saturated heterocycles. The first kappa shape index (κ1) is 14.6. The summed E-state index contributed by atoms with van der Waals surface area (Å²) in [5.41, 5.74) is 1.14. The lowest BCUT2D eigenvalue weighted by atomic mass is 10.2. The summed E-state index contributed by atoms with van der Waals surface area (Å²) in [7, 11) is -3.79. The van der Waals surface area contributed by atoms with E-state index >= 15 is 0 Å². The van der Waals surface area contributed by atoms with Crippen LogP contribution in [-0.4, -0.2) is 26.0 Å². The number of benzene rings is 1. The SMILES string of the molecule is Cc1ccc(S(N)(=O)=O)cc1NC(=O)CCCO. The van der Waals surface area contributed by atoms with E-state index in [1.54, 1.807) is 13.0 Å². The number of aliphatic hydroxyl groups excluding tert-OH is 1. The van der Waals surface area contributed by atoms with Crippen molar-refractivity contribution in [2.45, 2.75) is 24.7 Å². The number of anilines is 1. The molecule has 0 aliphatic heterocycles. The molecule has 0 aliphatic carbocycles. The van der Waals surface area contributed by atoms with Crippen LogP contribution in [0.4, 0.5) is 5.69 Å². The van der Waals surface area contributed by atoms with Crippen LogP contribution in [0.5, 0.6) is 0 Å². The van der Waals surface area contributed by atoms with Crippen LogP contribution in [0.2, 0.25) is 0 Å². The molecule has 18 heavy (non-hydrogen) atoms. The molecule has 7 heteroatoms. The number of carbonyl (C=O) groups excluding carboxylic acids is 1. The lowest BCUT2D eigenvalue weighted by molar-refractivity contribution is -0.116. The number of hydrogen-bond donors (Lipinski definition) is 3. The minimum atomic E-state index is -3.79. The summed E-state index contributed by atoms with van der Waals surface area (Å²) in [5, 5.41) is 16.2. The Morgan fingerprint density at radius 2 is 2.11 bits per heavy atom. The molecule has 100 valence electrons. The highest BCUT2D eigenvalue weighted by Gasteiger charge is 2.11. The number of sulfonamides is 1. The maximum atomic E-state index is 11.5. The molecule has 4 N–H and O–H groups in total. The predicted molar refractivity (Wildman–Crippen MR) is 67.5 cm³/mol. The van der Waals surface area contributed by atoms with E-state index in [2.05, 4.69) is 5.32 Å². The molecular formula is C11H16N2O4S. The standard InChI is InChI=1S/C11H16N2O4S/c1-8-4-5-9(18(12,16)17)7-10(8)13-11(15)3-2-6-14/h4-5,7,14H,2-3,6H2,1H3,(H,13,15)(H2,12,16,17). The van der Waals surface area contributed by atoms with Crippen LogP contribution >= 0.6 is 0 Å². The number of hydrogen-bond acceptors (Lipinski definition) is 4. The monoisotopic (exact) mass is 272 g/mol. The Kier molecular flexibility index (Phi) is 4.83.